The molecule has 4 rings (SSSR count). The van der Waals surface area contributed by atoms with Crippen molar-refractivity contribution in [1.82, 2.24) is 0 Å². The first kappa shape index (κ1) is 27.0. The molecule has 2 bridgehead atoms. The van der Waals surface area contributed by atoms with Crippen molar-refractivity contribution in [2.45, 2.75) is 49.7 Å². The molecular weight excluding hydrogens is 478 g/mol. The number of hydrogen-bond acceptors (Lipinski definition) is 5. The van der Waals surface area contributed by atoms with E-state index in [1.54, 1.807) is 6.08 Å². The van der Waals surface area contributed by atoms with E-state index >= 15 is 0 Å². The van der Waals surface area contributed by atoms with E-state index in [-0.39, 0.29) is 47.6 Å². The van der Waals surface area contributed by atoms with E-state index < -0.39 is 6.10 Å². The number of aliphatic hydroxyl groups is 1. The molecule has 1 aliphatic heterocycles. The largest absolute Gasteiger partial charge is 0.491 e. The van der Waals surface area contributed by atoms with Crippen LogP contribution in [0.2, 0.25) is 0 Å². The Labute approximate surface area is 216 Å². The number of unbranched alkanes of at least 4 members (excludes halogenated alkanes) is 1. The van der Waals surface area contributed by atoms with Crippen LogP contribution in [0.1, 0.15) is 37.7 Å². The Morgan fingerprint density at radius 3 is 2.54 bits per heavy atom. The van der Waals surface area contributed by atoms with Crippen LogP contribution in [0.3, 0.4) is 0 Å². The van der Waals surface area contributed by atoms with Gasteiger partial charge in [0.05, 0.1) is 19.8 Å². The van der Waals surface area contributed by atoms with Crippen molar-refractivity contribution in [3.8, 4) is 5.75 Å². The van der Waals surface area contributed by atoms with Crippen LogP contribution in [0, 0.1) is 23.5 Å². The highest BCUT2D eigenvalue weighted by atomic mass is 19.1. The van der Waals surface area contributed by atoms with Gasteiger partial charge in [-0.3, -0.25) is 4.79 Å². The first-order valence-electron chi connectivity index (χ1n) is 12.8. The van der Waals surface area contributed by atoms with Gasteiger partial charge in [-0.1, -0.05) is 36.4 Å². The smallest absolute Gasteiger partial charge is 0.305 e. The molecule has 1 heterocycles. The zero-order valence-electron chi connectivity index (χ0n) is 21.0. The molecule has 1 saturated heterocycles. The number of carbonyl (C=O) groups is 1. The first-order chi connectivity index (χ1) is 17.9. The average molecular weight is 513 g/mol. The molecule has 1 aliphatic carbocycles. The first-order valence-corrected chi connectivity index (χ1v) is 12.8. The number of allylic oxidation sites excluding steroid dienone is 2. The Balaban J connectivity index is 1.44. The van der Waals surface area contributed by atoms with E-state index in [0.29, 0.717) is 18.8 Å². The molecular formula is C30H34F2O5. The molecule has 5 atom stereocenters. The number of fused-ring (bicyclic) bond motifs is 2. The summed E-state index contributed by atoms with van der Waals surface area (Å²) >= 11 is 0. The second-order valence-electron chi connectivity index (χ2n) is 9.79. The SMILES string of the molecule is COC(=O)CCC/C=C\C[C@H]1[C@H](/C=C/[C@H](O)COc2ccc(F)cc2)[C@@H]2C[C@@]1(c1ccc(F)cc1)CO2. The Morgan fingerprint density at radius 2 is 1.84 bits per heavy atom. The minimum atomic E-state index is -0.833. The highest BCUT2D eigenvalue weighted by molar-refractivity contribution is 5.69. The summed E-state index contributed by atoms with van der Waals surface area (Å²) in [6, 6.07) is 12.4. The van der Waals surface area contributed by atoms with Gasteiger partial charge in [0.15, 0.2) is 0 Å². The van der Waals surface area contributed by atoms with Crippen LogP contribution >= 0.6 is 0 Å². The Kier molecular flexibility index (Phi) is 9.11. The van der Waals surface area contributed by atoms with E-state index in [9.17, 15) is 18.7 Å². The van der Waals surface area contributed by atoms with Crippen molar-refractivity contribution in [2.24, 2.45) is 11.8 Å². The number of rotatable bonds is 12. The Hall–Kier alpha value is -3.03. The van der Waals surface area contributed by atoms with Gasteiger partial charge in [0.1, 0.15) is 30.1 Å². The maximum Gasteiger partial charge on any atom is 0.305 e. The van der Waals surface area contributed by atoms with Gasteiger partial charge in [0.2, 0.25) is 0 Å². The lowest BCUT2D eigenvalue weighted by Gasteiger charge is -2.38. The van der Waals surface area contributed by atoms with Crippen molar-refractivity contribution in [1.29, 1.82) is 0 Å². The number of halogens is 2. The highest BCUT2D eigenvalue weighted by Crippen LogP contribution is 2.57. The van der Waals surface area contributed by atoms with Gasteiger partial charge in [-0.05, 0) is 73.6 Å². The van der Waals surface area contributed by atoms with Crippen molar-refractivity contribution in [2.75, 3.05) is 20.3 Å². The van der Waals surface area contributed by atoms with Gasteiger partial charge < -0.3 is 19.3 Å². The van der Waals surface area contributed by atoms with Crippen LogP contribution in [0.15, 0.2) is 72.8 Å². The van der Waals surface area contributed by atoms with Crippen LogP contribution < -0.4 is 4.74 Å². The summed E-state index contributed by atoms with van der Waals surface area (Å²) < 4.78 is 43.2. The van der Waals surface area contributed by atoms with Gasteiger partial charge >= 0.3 is 5.97 Å². The number of methoxy groups -OCH3 is 1. The Bertz CT molecular complexity index is 1080. The van der Waals surface area contributed by atoms with Gasteiger partial charge in [-0.15, -0.1) is 0 Å². The van der Waals surface area contributed by atoms with E-state index in [2.05, 4.69) is 12.2 Å². The number of hydrogen-bond donors (Lipinski definition) is 1. The maximum atomic E-state index is 13.7. The van der Waals surface area contributed by atoms with E-state index in [0.717, 1.165) is 31.2 Å². The summed E-state index contributed by atoms with van der Waals surface area (Å²) in [6.45, 7) is 0.624. The minimum absolute atomic E-state index is 0.00393. The van der Waals surface area contributed by atoms with Gasteiger partial charge in [-0.25, -0.2) is 8.78 Å². The summed E-state index contributed by atoms with van der Waals surface area (Å²) in [7, 11) is 1.39. The monoisotopic (exact) mass is 512 g/mol. The third-order valence-corrected chi connectivity index (χ3v) is 7.47. The second-order valence-corrected chi connectivity index (χ2v) is 9.79. The molecule has 0 radical (unpaired) electrons. The molecule has 1 saturated carbocycles. The number of carbonyl (C=O) groups excluding carboxylic acids is 1. The summed E-state index contributed by atoms with van der Waals surface area (Å²) in [5.41, 5.74) is 0.829. The molecule has 0 spiro atoms. The van der Waals surface area contributed by atoms with Crippen LogP contribution in [-0.2, 0) is 19.7 Å². The lowest BCUT2D eigenvalue weighted by molar-refractivity contribution is -0.140. The molecule has 2 fully saturated rings. The number of aliphatic hydroxyl groups excluding tert-OH is 1. The average Bonchev–Trinajstić information content (AvgIpc) is 3.47. The van der Waals surface area contributed by atoms with Gasteiger partial charge in [-0.2, -0.15) is 0 Å². The van der Waals surface area contributed by atoms with Crippen molar-refractivity contribution >= 4 is 5.97 Å². The molecule has 0 aromatic heterocycles. The third-order valence-electron chi connectivity index (χ3n) is 7.47. The molecule has 37 heavy (non-hydrogen) atoms. The quantitative estimate of drug-likeness (QED) is 0.230. The van der Waals surface area contributed by atoms with E-state index in [1.165, 1.54) is 43.5 Å². The van der Waals surface area contributed by atoms with Crippen LogP contribution in [0.4, 0.5) is 8.78 Å². The third kappa shape index (κ3) is 6.65. The predicted molar refractivity (Wildman–Crippen MR) is 136 cm³/mol. The lowest BCUT2D eigenvalue weighted by atomic mass is 9.69. The molecule has 198 valence electrons. The van der Waals surface area contributed by atoms with Crippen molar-refractivity contribution < 1.29 is 32.9 Å². The fourth-order valence-electron chi connectivity index (χ4n) is 5.56. The topological polar surface area (TPSA) is 65.0 Å². The van der Waals surface area contributed by atoms with Gasteiger partial charge in [0, 0.05) is 17.8 Å². The maximum absolute atomic E-state index is 13.7. The van der Waals surface area contributed by atoms with Crippen LogP contribution in [0.5, 0.6) is 5.75 Å². The second kappa shape index (κ2) is 12.5. The molecule has 7 heteroatoms. The summed E-state index contributed by atoms with van der Waals surface area (Å²) in [4.78, 5) is 11.3. The van der Waals surface area contributed by atoms with E-state index in [4.69, 9.17) is 14.2 Å². The minimum Gasteiger partial charge on any atom is -0.491 e. The molecule has 5 nitrogen and oxygen atoms in total. The summed E-state index contributed by atoms with van der Waals surface area (Å²) in [5, 5.41) is 10.5. The zero-order chi connectivity index (χ0) is 26.3. The molecule has 2 aliphatic rings. The summed E-state index contributed by atoms with van der Waals surface area (Å²) in [5.74, 6) is -0.0585. The molecule has 2 aromatic carbocycles. The molecule has 2 aromatic rings. The molecule has 1 N–H and O–H groups in total. The molecule has 0 amide bonds. The number of ether oxygens (including phenoxy) is 3. The molecule has 0 unspecified atom stereocenters. The standard InChI is InChI=1S/C30H34F2O5/c1-35-29(34)7-5-3-2-4-6-27-26(17-14-24(33)19-36-25-15-12-23(32)13-16-25)28-18-30(27,20-37-28)21-8-10-22(31)11-9-21/h2,4,8-17,24,26-28,33H,3,5-7,18-20H2,1H3/b4-2-,17-14+/t24-,26-,27-,28-,30-/m0/s1. The van der Waals surface area contributed by atoms with E-state index in [1.807, 2.05) is 18.2 Å². The summed E-state index contributed by atoms with van der Waals surface area (Å²) in [6.07, 6.45) is 10.7. The Morgan fingerprint density at radius 1 is 1.14 bits per heavy atom. The van der Waals surface area contributed by atoms with Crippen molar-refractivity contribution in [3.63, 3.8) is 0 Å². The number of benzene rings is 2. The fourth-order valence-corrected chi connectivity index (χ4v) is 5.56. The van der Waals surface area contributed by atoms with Gasteiger partial charge in [0.25, 0.3) is 0 Å². The van der Waals surface area contributed by atoms with Crippen LogP contribution in [0.25, 0.3) is 0 Å². The van der Waals surface area contributed by atoms with Crippen molar-refractivity contribution in [3.05, 3.63) is 90.0 Å². The van der Waals surface area contributed by atoms with Crippen LogP contribution in [-0.4, -0.2) is 43.6 Å². The highest BCUT2D eigenvalue weighted by Gasteiger charge is 2.58. The predicted octanol–water partition coefficient (Wildman–Crippen LogP) is 5.52. The number of esters is 1. The zero-order valence-corrected chi connectivity index (χ0v) is 21.0. The normalized spacial score (nSPS) is 25.7. The lowest BCUT2D eigenvalue weighted by Crippen LogP contribution is -2.39. The fraction of sp³-hybridized carbons (Fsp3) is 0.433.